The average molecular weight is 228 g/mol. The number of nitrogens with zero attached hydrogens (tertiary/aromatic N) is 3. The largest absolute Gasteiger partial charge is 0.383 e. The molecule has 0 aliphatic rings. The predicted molar refractivity (Wildman–Crippen MR) is 68.5 cm³/mol. The lowest BCUT2D eigenvalue weighted by atomic mass is 10.1. The molecule has 0 aromatic carbocycles. The summed E-state index contributed by atoms with van der Waals surface area (Å²) in [6.45, 7) is 6.02. The molecule has 2 N–H and O–H groups in total. The molecule has 0 bridgehead atoms. The van der Waals surface area contributed by atoms with E-state index >= 15 is 0 Å². The van der Waals surface area contributed by atoms with Gasteiger partial charge in [0.1, 0.15) is 11.6 Å². The van der Waals surface area contributed by atoms with Gasteiger partial charge in [0.25, 0.3) is 0 Å². The molecule has 0 aliphatic carbocycles. The molecular formula is C13H16N4. The van der Waals surface area contributed by atoms with Crippen LogP contribution in [0.2, 0.25) is 0 Å². The van der Waals surface area contributed by atoms with Gasteiger partial charge in [-0.25, -0.2) is 9.97 Å². The molecule has 0 saturated carbocycles. The lowest BCUT2D eigenvalue weighted by Gasteiger charge is -2.11. The minimum absolute atomic E-state index is 0.250. The van der Waals surface area contributed by atoms with Crippen LogP contribution in [0.4, 0.5) is 5.82 Å². The van der Waals surface area contributed by atoms with Crippen molar-refractivity contribution in [1.29, 1.82) is 0 Å². The second kappa shape index (κ2) is 4.49. The van der Waals surface area contributed by atoms with E-state index in [0.29, 0.717) is 5.82 Å². The number of nitrogens with two attached hydrogens (primary N) is 1. The van der Waals surface area contributed by atoms with Crippen molar-refractivity contribution >= 4 is 5.82 Å². The highest BCUT2D eigenvalue weighted by Gasteiger charge is 2.13. The van der Waals surface area contributed by atoms with Crippen LogP contribution in [0, 0.1) is 6.92 Å². The molecule has 17 heavy (non-hydrogen) atoms. The van der Waals surface area contributed by atoms with Gasteiger partial charge in [-0.05, 0) is 19.1 Å². The molecule has 4 heteroatoms. The normalized spacial score (nSPS) is 10.8. The first kappa shape index (κ1) is 11.5. The zero-order chi connectivity index (χ0) is 12.4. The van der Waals surface area contributed by atoms with Gasteiger partial charge >= 0.3 is 0 Å². The first-order valence-corrected chi connectivity index (χ1v) is 5.65. The van der Waals surface area contributed by atoms with Gasteiger partial charge in [-0.2, -0.15) is 0 Å². The van der Waals surface area contributed by atoms with Crippen LogP contribution >= 0.6 is 0 Å². The molecule has 88 valence electrons. The third-order valence-corrected chi connectivity index (χ3v) is 2.62. The minimum Gasteiger partial charge on any atom is -0.383 e. The van der Waals surface area contributed by atoms with Crippen LogP contribution in [0.15, 0.2) is 24.4 Å². The maximum absolute atomic E-state index is 5.92. The fourth-order valence-electron chi connectivity index (χ4n) is 1.56. The Bertz CT molecular complexity index is 520. The summed E-state index contributed by atoms with van der Waals surface area (Å²) in [5.41, 5.74) is 8.46. The van der Waals surface area contributed by atoms with Gasteiger partial charge in [-0.1, -0.05) is 19.9 Å². The molecule has 2 rings (SSSR count). The number of rotatable bonds is 2. The van der Waals surface area contributed by atoms with E-state index in [1.165, 1.54) is 0 Å². The van der Waals surface area contributed by atoms with Crippen molar-refractivity contribution in [2.24, 2.45) is 0 Å². The van der Waals surface area contributed by atoms with E-state index in [2.05, 4.69) is 15.0 Å². The van der Waals surface area contributed by atoms with Crippen LogP contribution in [0.5, 0.6) is 0 Å². The van der Waals surface area contributed by atoms with Crippen molar-refractivity contribution in [3.8, 4) is 11.4 Å². The Morgan fingerprint density at radius 3 is 2.53 bits per heavy atom. The summed E-state index contributed by atoms with van der Waals surface area (Å²) in [6, 6.07) is 5.75. The molecule has 0 fully saturated rings. The van der Waals surface area contributed by atoms with Crippen LogP contribution in [0.25, 0.3) is 11.4 Å². The quantitative estimate of drug-likeness (QED) is 0.857. The molecule has 0 radical (unpaired) electrons. The van der Waals surface area contributed by atoms with E-state index in [-0.39, 0.29) is 5.92 Å². The summed E-state index contributed by atoms with van der Waals surface area (Å²) in [6.07, 6.45) is 1.75. The van der Waals surface area contributed by atoms with Gasteiger partial charge in [-0.3, -0.25) is 4.98 Å². The van der Waals surface area contributed by atoms with Crippen LogP contribution in [0.3, 0.4) is 0 Å². The maximum atomic E-state index is 5.92. The maximum Gasteiger partial charge on any atom is 0.134 e. The number of aromatic nitrogens is 3. The van der Waals surface area contributed by atoms with Crippen LogP contribution in [0.1, 0.15) is 31.2 Å². The number of hydrogen-bond acceptors (Lipinski definition) is 4. The Labute approximate surface area is 101 Å². The first-order chi connectivity index (χ1) is 8.09. The molecule has 4 nitrogen and oxygen atoms in total. The lowest BCUT2D eigenvalue weighted by Crippen LogP contribution is -2.06. The second-order valence-corrected chi connectivity index (χ2v) is 4.31. The van der Waals surface area contributed by atoms with Crippen molar-refractivity contribution < 1.29 is 0 Å². The van der Waals surface area contributed by atoms with E-state index < -0.39 is 0 Å². The Morgan fingerprint density at radius 1 is 1.18 bits per heavy atom. The second-order valence-electron chi connectivity index (χ2n) is 4.31. The average Bonchev–Trinajstić information content (AvgIpc) is 2.33. The standard InChI is InChI=1S/C13H16N4/c1-8(2)13-16-11(9(3)12(14)17-13)10-6-4-5-7-15-10/h4-8H,1-3H3,(H2,14,16,17). The molecule has 2 aromatic heterocycles. The van der Waals surface area contributed by atoms with Gasteiger partial charge in [0.05, 0.1) is 11.4 Å². The van der Waals surface area contributed by atoms with Crippen molar-refractivity contribution in [2.45, 2.75) is 26.7 Å². The van der Waals surface area contributed by atoms with Crippen molar-refractivity contribution in [2.75, 3.05) is 5.73 Å². The molecule has 0 unspecified atom stereocenters. The third kappa shape index (κ3) is 2.25. The van der Waals surface area contributed by atoms with Crippen molar-refractivity contribution in [3.63, 3.8) is 0 Å². The summed E-state index contributed by atoms with van der Waals surface area (Å²) < 4.78 is 0. The third-order valence-electron chi connectivity index (χ3n) is 2.62. The SMILES string of the molecule is Cc1c(N)nc(C(C)C)nc1-c1ccccn1. The zero-order valence-electron chi connectivity index (χ0n) is 10.3. The smallest absolute Gasteiger partial charge is 0.134 e. The van der Waals surface area contributed by atoms with E-state index in [0.717, 1.165) is 22.8 Å². The summed E-state index contributed by atoms with van der Waals surface area (Å²) in [5.74, 6) is 1.54. The highest BCUT2D eigenvalue weighted by atomic mass is 15.0. The zero-order valence-corrected chi connectivity index (χ0v) is 10.3. The van der Waals surface area contributed by atoms with E-state index in [1.54, 1.807) is 6.20 Å². The number of hydrogen-bond donors (Lipinski definition) is 1. The number of pyridine rings is 1. The topological polar surface area (TPSA) is 64.7 Å². The summed E-state index contributed by atoms with van der Waals surface area (Å²) in [4.78, 5) is 13.2. The van der Waals surface area contributed by atoms with Gasteiger partial charge < -0.3 is 5.73 Å². The van der Waals surface area contributed by atoms with E-state index in [9.17, 15) is 0 Å². The molecule has 2 aromatic rings. The van der Waals surface area contributed by atoms with Crippen molar-refractivity contribution in [3.05, 3.63) is 35.8 Å². The fraction of sp³-hybridized carbons (Fsp3) is 0.308. The summed E-state index contributed by atoms with van der Waals surface area (Å²) in [7, 11) is 0. The van der Waals surface area contributed by atoms with Gasteiger partial charge in [0, 0.05) is 17.7 Å². The molecule has 2 heterocycles. The van der Waals surface area contributed by atoms with E-state index in [1.807, 2.05) is 39.0 Å². The van der Waals surface area contributed by atoms with Gasteiger partial charge in [0.2, 0.25) is 0 Å². The molecule has 0 atom stereocenters. The predicted octanol–water partition coefficient (Wildman–Crippen LogP) is 2.55. The van der Waals surface area contributed by atoms with Crippen molar-refractivity contribution in [1.82, 2.24) is 15.0 Å². The summed E-state index contributed by atoms with van der Waals surface area (Å²) >= 11 is 0. The lowest BCUT2D eigenvalue weighted by molar-refractivity contribution is 0.775. The number of nitrogen functional groups attached to an aromatic ring is 1. The van der Waals surface area contributed by atoms with Gasteiger partial charge in [-0.15, -0.1) is 0 Å². The highest BCUT2D eigenvalue weighted by Crippen LogP contribution is 2.24. The Balaban J connectivity index is 2.61. The first-order valence-electron chi connectivity index (χ1n) is 5.65. The highest BCUT2D eigenvalue weighted by molar-refractivity contribution is 5.63. The monoisotopic (exact) mass is 228 g/mol. The molecule has 0 aliphatic heterocycles. The Kier molecular flexibility index (Phi) is 3.04. The minimum atomic E-state index is 0.250. The molecule has 0 saturated heterocycles. The number of anilines is 1. The van der Waals surface area contributed by atoms with E-state index in [4.69, 9.17) is 5.73 Å². The molecular weight excluding hydrogens is 212 g/mol. The Hall–Kier alpha value is -1.97. The van der Waals surface area contributed by atoms with Gasteiger partial charge in [0.15, 0.2) is 0 Å². The Morgan fingerprint density at radius 2 is 1.94 bits per heavy atom. The summed E-state index contributed by atoms with van der Waals surface area (Å²) in [5, 5.41) is 0. The van der Waals surface area contributed by atoms with Crippen LogP contribution in [-0.2, 0) is 0 Å². The van der Waals surface area contributed by atoms with Crippen LogP contribution < -0.4 is 5.73 Å². The van der Waals surface area contributed by atoms with Crippen LogP contribution in [-0.4, -0.2) is 15.0 Å². The molecule has 0 spiro atoms. The fourth-order valence-corrected chi connectivity index (χ4v) is 1.56. The molecule has 0 amide bonds.